The van der Waals surface area contributed by atoms with E-state index in [-0.39, 0.29) is 0 Å². The zero-order valence-electron chi connectivity index (χ0n) is 11.5. The van der Waals surface area contributed by atoms with Gasteiger partial charge in [0.15, 0.2) is 0 Å². The molecule has 0 aliphatic heterocycles. The van der Waals surface area contributed by atoms with E-state index in [9.17, 15) is 4.21 Å². The van der Waals surface area contributed by atoms with Gasteiger partial charge in [-0.2, -0.15) is 0 Å². The molecule has 0 saturated carbocycles. The molecule has 1 nitrogen and oxygen atoms in total. The largest absolute Gasteiger partial charge is 0.263 e. The van der Waals surface area contributed by atoms with Crippen LogP contribution in [0.2, 0.25) is 0 Å². The highest BCUT2D eigenvalue weighted by Gasteiger charge is 2.02. The number of hydrogen-bond acceptors (Lipinski definition) is 1. The summed E-state index contributed by atoms with van der Waals surface area (Å²) in [5.41, 5.74) is 1.19. The van der Waals surface area contributed by atoms with Crippen molar-refractivity contribution >= 4 is 15.4 Å². The third kappa shape index (κ3) is 5.96. The van der Waals surface area contributed by atoms with Crippen LogP contribution in [0.15, 0.2) is 29.2 Å². The van der Waals surface area contributed by atoms with Gasteiger partial charge in [-0.25, -0.2) is 0 Å². The average molecular weight is 242 g/mol. The lowest BCUT2D eigenvalue weighted by Gasteiger charge is -2.05. The van der Waals surface area contributed by atoms with E-state index in [1.165, 1.54) is 5.56 Å². The molecule has 1 atom stereocenters. The monoisotopic (exact) mass is 242 g/mol. The smallest absolute Gasteiger partial charge is 0.0305 e. The molecule has 0 radical (unpaired) electrons. The minimum Gasteiger partial charge on any atom is -0.263 e. The second-order valence-corrected chi connectivity index (χ2v) is 5.59. The van der Waals surface area contributed by atoms with Crippen LogP contribution in [0.5, 0.6) is 0 Å². The van der Waals surface area contributed by atoms with Crippen molar-refractivity contribution in [2.75, 3.05) is 5.75 Å². The van der Waals surface area contributed by atoms with E-state index in [1.807, 2.05) is 65.8 Å². The van der Waals surface area contributed by atoms with Crippen molar-refractivity contribution < 1.29 is 4.21 Å². The van der Waals surface area contributed by atoms with Gasteiger partial charge in [0.05, 0.1) is 0 Å². The molecule has 0 N–H and O–H groups in total. The molecule has 1 rings (SSSR count). The van der Waals surface area contributed by atoms with Crippen LogP contribution < -0.4 is 0 Å². The molecule has 0 aliphatic carbocycles. The van der Waals surface area contributed by atoms with Gasteiger partial charge in [-0.3, -0.25) is 4.21 Å². The fourth-order valence-electron chi connectivity index (χ4n) is 0.953. The Labute approximate surface area is 102 Å². The molecule has 1 aromatic rings. The van der Waals surface area contributed by atoms with Gasteiger partial charge in [-0.15, -0.1) is 0 Å². The van der Waals surface area contributed by atoms with E-state index in [0.717, 1.165) is 4.90 Å². The number of aryl methyl sites for hydroxylation is 1. The van der Waals surface area contributed by atoms with Crippen LogP contribution in [0.4, 0.5) is 0 Å². The van der Waals surface area contributed by atoms with E-state index >= 15 is 0 Å². The predicted octanol–water partition coefficient (Wildman–Crippen LogP) is 4.14. The molecular weight excluding hydrogens is 216 g/mol. The first-order valence-electron chi connectivity index (χ1n) is 5.98. The van der Waals surface area contributed by atoms with Crippen molar-refractivity contribution in [3.05, 3.63) is 29.8 Å². The third-order valence-corrected chi connectivity index (χ3v) is 3.98. The van der Waals surface area contributed by atoms with E-state index in [0.29, 0.717) is 5.75 Å². The Hall–Kier alpha value is -0.760. The molecule has 0 bridgehead atoms. The van der Waals surface area contributed by atoms with Gasteiger partial charge < -0.3 is 0 Å². The summed E-state index contributed by atoms with van der Waals surface area (Å²) in [5, 5.41) is 0. The first-order chi connectivity index (χ1) is 7.56. The van der Waals surface area contributed by atoms with Gasteiger partial charge in [-0.05, 0) is 34.4 Å². The van der Waals surface area contributed by atoms with E-state index < -0.39 is 9.52 Å². The molecule has 0 heterocycles. The molecule has 16 heavy (non-hydrogen) atoms. The van der Waals surface area contributed by atoms with Crippen LogP contribution >= 0.6 is 0 Å². The van der Waals surface area contributed by atoms with Crippen molar-refractivity contribution in [2.45, 2.75) is 46.4 Å². The lowest BCUT2D eigenvalue weighted by Crippen LogP contribution is -2.02. The first kappa shape index (κ1) is 17.6. The van der Waals surface area contributed by atoms with E-state index in [2.05, 4.69) is 5.87 Å². The molecule has 1 aromatic carbocycles. The molecule has 0 fully saturated rings. The molecular formula is C14H26OS. The molecule has 0 aliphatic rings. The van der Waals surface area contributed by atoms with Crippen LogP contribution in [0, 0.1) is 6.92 Å². The average Bonchev–Trinajstić information content (AvgIpc) is 2.35. The Kier molecular flexibility index (Phi) is 10.4. The molecule has 0 saturated heterocycles. The van der Waals surface area contributed by atoms with Crippen LogP contribution in [0.25, 0.3) is 0 Å². The van der Waals surface area contributed by atoms with Gasteiger partial charge in [0.1, 0.15) is 0 Å². The van der Waals surface area contributed by atoms with Crippen LogP contribution in [0.1, 0.15) is 40.2 Å². The Morgan fingerprint density at radius 2 is 1.44 bits per heavy atom. The summed E-state index contributed by atoms with van der Waals surface area (Å²) in [5.74, 6) is 4.32. The number of hydrogen-bond donors (Lipinski definition) is 0. The molecule has 1 unspecified atom stereocenters. The zero-order valence-corrected chi connectivity index (χ0v) is 12.4. The lowest BCUT2D eigenvalue weighted by molar-refractivity contribution is 0.682. The normalized spacial score (nSPS) is 12.4. The second-order valence-electron chi connectivity index (χ2n) is 2.91. The Balaban J connectivity index is 0. The Morgan fingerprint density at radius 1 is 1.06 bits per heavy atom. The van der Waals surface area contributed by atoms with Crippen LogP contribution in [0.3, 0.4) is 0 Å². The molecule has 94 valence electrons. The fourth-order valence-corrected chi connectivity index (χ4v) is 1.92. The van der Waals surface area contributed by atoms with Crippen LogP contribution in [-0.4, -0.2) is 15.8 Å². The standard InChI is InChI=1S/C10H14OS.2C2H6/c1-4-12(3,11)10-7-5-9(2)6-8-10;2*1-2/h5-8H,3-4H2,1-2H3;2*1-2H3. The lowest BCUT2D eigenvalue weighted by atomic mass is 10.2. The molecule has 0 aromatic heterocycles. The molecule has 0 spiro atoms. The van der Waals surface area contributed by atoms with E-state index in [4.69, 9.17) is 0 Å². The van der Waals surface area contributed by atoms with Gasteiger partial charge in [0.2, 0.25) is 0 Å². The summed E-state index contributed by atoms with van der Waals surface area (Å²) in [6.07, 6.45) is 0. The predicted molar refractivity (Wildman–Crippen MR) is 77.9 cm³/mol. The van der Waals surface area contributed by atoms with Crippen molar-refractivity contribution in [3.8, 4) is 0 Å². The summed E-state index contributed by atoms with van der Waals surface area (Å²) >= 11 is 0. The Morgan fingerprint density at radius 3 is 1.75 bits per heavy atom. The van der Waals surface area contributed by atoms with E-state index in [1.54, 1.807) is 0 Å². The maximum Gasteiger partial charge on any atom is 0.0305 e. The summed E-state index contributed by atoms with van der Waals surface area (Å²) in [7, 11) is -2.01. The van der Waals surface area contributed by atoms with Gasteiger partial charge in [0, 0.05) is 10.6 Å². The first-order valence-corrected chi connectivity index (χ1v) is 7.87. The SMILES string of the molecule is C=S(=O)(CC)c1ccc(C)cc1.CC.CC. The molecule has 2 heteroatoms. The highest BCUT2D eigenvalue weighted by Crippen LogP contribution is 2.11. The third-order valence-electron chi connectivity index (χ3n) is 1.92. The quantitative estimate of drug-likeness (QED) is 0.712. The maximum atomic E-state index is 11.8. The summed E-state index contributed by atoms with van der Waals surface area (Å²) in [6.45, 7) is 11.9. The summed E-state index contributed by atoms with van der Waals surface area (Å²) in [4.78, 5) is 0.857. The van der Waals surface area contributed by atoms with Gasteiger partial charge in [-0.1, -0.05) is 52.3 Å². The summed E-state index contributed by atoms with van der Waals surface area (Å²) in [6, 6.07) is 7.73. The number of benzene rings is 1. The minimum absolute atomic E-state index is 0.607. The Bertz CT molecular complexity index is 347. The highest BCUT2D eigenvalue weighted by atomic mass is 32.2. The van der Waals surface area contributed by atoms with Crippen molar-refractivity contribution in [2.24, 2.45) is 0 Å². The van der Waals surface area contributed by atoms with Crippen molar-refractivity contribution in [3.63, 3.8) is 0 Å². The van der Waals surface area contributed by atoms with Crippen molar-refractivity contribution in [1.82, 2.24) is 0 Å². The zero-order chi connectivity index (χ0) is 13.2. The second kappa shape index (κ2) is 9.46. The topological polar surface area (TPSA) is 17.1 Å². The van der Waals surface area contributed by atoms with Crippen molar-refractivity contribution in [1.29, 1.82) is 0 Å². The number of rotatable bonds is 2. The summed E-state index contributed by atoms with van der Waals surface area (Å²) < 4.78 is 11.8. The van der Waals surface area contributed by atoms with Gasteiger partial charge in [0.25, 0.3) is 0 Å². The maximum absolute atomic E-state index is 11.8. The fraction of sp³-hybridized carbons (Fsp3) is 0.500. The van der Waals surface area contributed by atoms with Crippen LogP contribution in [-0.2, 0) is 9.52 Å². The minimum atomic E-state index is -2.01. The van der Waals surface area contributed by atoms with Gasteiger partial charge >= 0.3 is 0 Å². The molecule has 0 amide bonds. The highest BCUT2D eigenvalue weighted by molar-refractivity contribution is 8.00.